The van der Waals surface area contributed by atoms with Crippen molar-refractivity contribution in [3.63, 3.8) is 0 Å². The van der Waals surface area contributed by atoms with Crippen LogP contribution in [0.4, 0.5) is 4.79 Å². The number of ether oxygens (including phenoxy) is 5. The van der Waals surface area contributed by atoms with Gasteiger partial charge >= 0.3 is 12.1 Å². The first kappa shape index (κ1) is 109. The summed E-state index contributed by atoms with van der Waals surface area (Å²) in [5.74, 6) is -4.48. The summed E-state index contributed by atoms with van der Waals surface area (Å²) in [5.41, 5.74) is 7.06. The van der Waals surface area contributed by atoms with Crippen molar-refractivity contribution in [1.82, 2.24) is 39.6 Å². The fraction of sp³-hybridized carbons (Fsp3) is 0.765. The summed E-state index contributed by atoms with van der Waals surface area (Å²) in [5, 5.41) is 13.1. The van der Waals surface area contributed by atoms with Crippen LogP contribution in [0.5, 0.6) is 0 Å². The summed E-state index contributed by atoms with van der Waals surface area (Å²) in [7, 11) is 17.2. The zero-order valence-corrected chi connectivity index (χ0v) is 80.8. The number of rotatable bonds is 47. The predicted molar refractivity (Wildman–Crippen MR) is 488 cm³/mol. The first-order valence-corrected chi connectivity index (χ1v) is 46.4. The van der Waals surface area contributed by atoms with Gasteiger partial charge in [-0.05, 0) is 180 Å². The number of nitrogens with two attached hydrogens (primary N) is 1. The molecule has 4 N–H and O–H groups in total. The number of benzene rings is 2. The third-order valence-electron chi connectivity index (χ3n) is 27.4. The molecule has 3 heterocycles. The maximum Gasteiger partial charge on any atom is 0.410 e. The van der Waals surface area contributed by atoms with Crippen LogP contribution in [0.25, 0.3) is 0 Å². The topological polar surface area (TPSA) is 315 Å². The van der Waals surface area contributed by atoms with Crippen molar-refractivity contribution < 1.29 is 81.5 Å². The largest absolute Gasteiger partial charge is 0.481 e. The molecule has 0 radical (unpaired) electrons. The van der Waals surface area contributed by atoms with E-state index in [9.17, 15) is 57.8 Å². The molecule has 2 aromatic rings. The Kier molecular flexibility index (Phi) is 47.8. The summed E-state index contributed by atoms with van der Waals surface area (Å²) in [6.45, 7) is 33.0. The van der Waals surface area contributed by atoms with Gasteiger partial charge in [-0.1, -0.05) is 162 Å². The fourth-order valence-electron chi connectivity index (χ4n) is 18.4. The molecular formula is C98H165N9O17. The van der Waals surface area contributed by atoms with E-state index in [1.807, 2.05) is 187 Å². The lowest BCUT2D eigenvalue weighted by molar-refractivity contribution is -0.149. The Morgan fingerprint density at radius 1 is 0.484 bits per heavy atom. The molecule has 3 saturated heterocycles. The summed E-state index contributed by atoms with van der Waals surface area (Å²) >= 11 is 0. The van der Waals surface area contributed by atoms with Crippen LogP contribution in [-0.2, 0) is 84.5 Å². The van der Waals surface area contributed by atoms with E-state index in [1.54, 1.807) is 61.9 Å². The Labute approximate surface area is 745 Å². The van der Waals surface area contributed by atoms with Crippen LogP contribution >= 0.6 is 0 Å². The Hall–Kier alpha value is -7.07. The molecule has 4 aliphatic rings. The maximum atomic E-state index is 14.3. The fourth-order valence-corrected chi connectivity index (χ4v) is 18.4. The number of carboxylic acid groups (broad SMARTS) is 1. The molecule has 0 aromatic heterocycles. The van der Waals surface area contributed by atoms with Gasteiger partial charge in [0.25, 0.3) is 0 Å². The number of hydrogen-bond acceptors (Lipinski definition) is 19. The standard InChI is InChI=1S/C47H78N4O7.C40H65N3O8.C11H22N2O2/c1-12-32(4)44(50(9)47(56)38(31(2)3)28-41(53)34(6)49(7)8)42(57-10)29-43(54)51-25-19-24-39(51)45(58-11)33(5)40(52)27-37(26-35-20-15-13-16-21-35)46(55)48-30-36-22-17-14-18-23-36;1-12-26(4)37(42(9)39(47)31(25(2)3)23-34(45)28(6)41(7)8)35(50-10)24-36(46)43-20-16-19-32(43)38(51-11)27(5)33(44)22-30(40(48)49)21-29-17-14-13-15-18-29;1-11(2,3)15-10(14)13-6-4-9(8-12)5-7-13/h13,15-16,20-21,31-34,36-39,42,44-45H,12,14,17-19,22-30H2,1-11H3,(H,48,55);13-15,17-18,25-28,30-32,35,37-38H,12,16,19-24H2,1-11H3,(H,48,49);9H,4-8,12H2,1-3H3/t32-,33-,34-,37+,38-,39-,42+,44-,45+;26-,27-,28-,30+,31-,32-,35+,37-,38+;/m00./s1. The first-order chi connectivity index (χ1) is 58.5. The van der Waals surface area contributed by atoms with Gasteiger partial charge in [-0.25, -0.2) is 4.79 Å². The zero-order valence-electron chi connectivity index (χ0n) is 80.8. The maximum absolute atomic E-state index is 14.3. The number of nitrogens with zero attached hydrogens (tertiary/aromatic N) is 7. The third-order valence-corrected chi connectivity index (χ3v) is 27.4. The second-order valence-corrected chi connectivity index (χ2v) is 38.3. The number of methoxy groups -OCH3 is 4. The molecule has 124 heavy (non-hydrogen) atoms. The van der Waals surface area contributed by atoms with Crippen molar-refractivity contribution in [2.45, 2.75) is 305 Å². The third kappa shape index (κ3) is 33.5. The highest BCUT2D eigenvalue weighted by molar-refractivity contribution is 5.92. The number of likely N-dealkylation sites (N-methyl/N-ethyl adjacent to an activating group) is 4. The van der Waals surface area contributed by atoms with Gasteiger partial charge in [0.2, 0.25) is 29.5 Å². The van der Waals surface area contributed by atoms with E-state index in [4.69, 9.17) is 29.4 Å². The number of Topliss-reactive ketones (excluding diaryl/α,β-unsaturated/α-hetero) is 4. The number of ketones is 4. The molecule has 0 spiro atoms. The van der Waals surface area contributed by atoms with E-state index in [1.165, 1.54) is 26.4 Å². The monoisotopic (exact) mass is 1740 g/mol. The average Bonchev–Trinajstić information content (AvgIpc) is 1.56. The Morgan fingerprint density at radius 3 is 1.21 bits per heavy atom. The number of carboxylic acids is 1. The van der Waals surface area contributed by atoms with Gasteiger partial charge in [-0.15, -0.1) is 0 Å². The lowest BCUT2D eigenvalue weighted by Gasteiger charge is -2.41. The number of likely N-dealkylation sites (tertiary alicyclic amines) is 3. The van der Waals surface area contributed by atoms with Crippen molar-refractivity contribution in [2.24, 2.45) is 76.7 Å². The molecule has 0 unspecified atom stereocenters. The molecule has 26 heteroatoms. The first-order valence-electron chi connectivity index (χ1n) is 46.4. The van der Waals surface area contributed by atoms with E-state index < -0.39 is 83.6 Å². The predicted octanol–water partition coefficient (Wildman–Crippen LogP) is 13.2. The van der Waals surface area contributed by atoms with Gasteiger partial charge < -0.3 is 64.3 Å². The highest BCUT2D eigenvalue weighted by Gasteiger charge is 2.47. The highest BCUT2D eigenvalue weighted by atomic mass is 16.6. The molecule has 704 valence electrons. The summed E-state index contributed by atoms with van der Waals surface area (Å²) in [6, 6.07) is 17.0. The van der Waals surface area contributed by atoms with Gasteiger partial charge in [0.1, 0.15) is 28.7 Å². The smallest absolute Gasteiger partial charge is 0.410 e. The average molecular weight is 1740 g/mol. The van der Waals surface area contributed by atoms with Gasteiger partial charge in [0, 0.05) is 131 Å². The molecule has 18 atom stereocenters. The number of aliphatic carboxylic acids is 1. The van der Waals surface area contributed by atoms with E-state index in [0.29, 0.717) is 50.7 Å². The van der Waals surface area contributed by atoms with Crippen LogP contribution in [-0.4, -0.2) is 280 Å². The highest BCUT2D eigenvalue weighted by Crippen LogP contribution is 2.36. The molecule has 1 saturated carbocycles. The Balaban J connectivity index is 0.000000447. The van der Waals surface area contributed by atoms with Gasteiger partial charge in [-0.3, -0.25) is 57.7 Å². The van der Waals surface area contributed by atoms with Gasteiger partial charge in [-0.2, -0.15) is 0 Å². The number of hydrogen-bond donors (Lipinski definition) is 3. The number of piperidine rings is 1. The van der Waals surface area contributed by atoms with Gasteiger partial charge in [0.15, 0.2) is 0 Å². The van der Waals surface area contributed by atoms with Crippen LogP contribution in [0.3, 0.4) is 0 Å². The van der Waals surface area contributed by atoms with Crippen molar-refractivity contribution >= 4 is 64.7 Å². The summed E-state index contributed by atoms with van der Waals surface area (Å²) < 4.78 is 29.3. The number of nitrogens with one attached hydrogen (secondary N) is 1. The second-order valence-electron chi connectivity index (χ2n) is 38.3. The van der Waals surface area contributed by atoms with E-state index in [2.05, 4.69) is 19.2 Å². The zero-order chi connectivity index (χ0) is 93.2. The SMILES string of the molecule is CC(C)(C)OC(=O)N1CCC(CN)CC1.CC[C@H](C)[C@@H]([C@@H](CC(=O)N1CCC[C@H]1[C@H](OC)[C@@H](C)C(=O)C[C@@H](Cc1ccccc1)C(=O)NCC1CCCCC1)OC)N(C)C(=O)[C@@H](CC(=O)[C@H](C)N(C)C)C(C)C.CC[C@H](C)[C@@H]([C@@H](CC(=O)N1CCC[C@H]1[C@H](OC)[C@@H](C)C(=O)C[C@@H](Cc1ccccc1)C(=O)O)OC)N(C)C(=O)[C@@H](CC(=O)[C@H](C)N(C)C)C(C)C. The van der Waals surface area contributed by atoms with Crippen molar-refractivity contribution in [3.05, 3.63) is 71.8 Å². The van der Waals surface area contributed by atoms with Crippen LogP contribution in [0, 0.1) is 71.0 Å². The van der Waals surface area contributed by atoms with Crippen molar-refractivity contribution in [2.75, 3.05) is 110 Å². The van der Waals surface area contributed by atoms with Crippen LogP contribution < -0.4 is 11.1 Å². The van der Waals surface area contributed by atoms with Crippen LogP contribution in [0.15, 0.2) is 60.7 Å². The lowest BCUT2D eigenvalue weighted by atomic mass is 9.84. The van der Waals surface area contributed by atoms with Crippen molar-refractivity contribution in [3.8, 4) is 0 Å². The van der Waals surface area contributed by atoms with E-state index >= 15 is 0 Å². The molecule has 1 aliphatic carbocycles. The molecule has 6 amide bonds. The summed E-state index contributed by atoms with van der Waals surface area (Å²) in [4.78, 5) is 161. The molecule has 4 fully saturated rings. The molecular weight excluding hydrogens is 1580 g/mol. The molecule has 2 aromatic carbocycles. The Bertz CT molecular complexity index is 3580. The molecule has 3 aliphatic heterocycles. The second kappa shape index (κ2) is 54.3. The minimum atomic E-state index is -1.02. The number of carbonyl (C=O) groups is 11. The molecule has 26 nitrogen and oxygen atoms in total. The minimum absolute atomic E-state index is 0.00211. The lowest BCUT2D eigenvalue weighted by Crippen LogP contribution is -2.54. The van der Waals surface area contributed by atoms with Crippen LogP contribution in [0.2, 0.25) is 0 Å². The molecule has 6 rings (SSSR count). The normalized spacial score (nSPS) is 19.9. The summed E-state index contributed by atoms with van der Waals surface area (Å²) in [6.07, 6.45) is 10.7. The Morgan fingerprint density at radius 2 is 0.871 bits per heavy atom. The van der Waals surface area contributed by atoms with E-state index in [-0.39, 0.29) is 152 Å². The number of carbonyl (C=O) groups excluding carboxylic acids is 10. The van der Waals surface area contributed by atoms with Crippen LogP contribution in [0.1, 0.15) is 237 Å². The minimum Gasteiger partial charge on any atom is -0.481 e. The van der Waals surface area contributed by atoms with Crippen molar-refractivity contribution in [1.29, 1.82) is 0 Å². The van der Waals surface area contributed by atoms with Gasteiger partial charge in [0.05, 0.1) is 79.4 Å². The number of amides is 6. The quantitative estimate of drug-likeness (QED) is 0.0554. The molecule has 0 bridgehead atoms. The van der Waals surface area contributed by atoms with E-state index in [0.717, 1.165) is 82.1 Å².